The van der Waals surface area contributed by atoms with Gasteiger partial charge in [0.25, 0.3) is 0 Å². The van der Waals surface area contributed by atoms with E-state index in [4.69, 9.17) is 10.5 Å². The van der Waals surface area contributed by atoms with Gasteiger partial charge >= 0.3 is 18.3 Å². The number of alkyl halides is 5. The Morgan fingerprint density at radius 2 is 1.83 bits per heavy atom. The largest absolute Gasteiger partial charge is 0.573 e. The maximum absolute atomic E-state index is 14.0. The van der Waals surface area contributed by atoms with E-state index in [1.165, 1.54) is 6.92 Å². The van der Waals surface area contributed by atoms with Crippen molar-refractivity contribution in [2.45, 2.75) is 25.3 Å². The van der Waals surface area contributed by atoms with Gasteiger partial charge in [-0.3, -0.25) is 0 Å². The van der Waals surface area contributed by atoms with Gasteiger partial charge in [-0.2, -0.15) is 8.78 Å². The highest BCUT2D eigenvalue weighted by Crippen LogP contribution is 2.38. The van der Waals surface area contributed by atoms with Crippen molar-refractivity contribution in [1.29, 1.82) is 0 Å². The SMILES string of the molecule is CCOC(=O)C(F)(F)[C@H](N)c1cc(OC(F)(F)F)ccc1OC.Cl. The Kier molecular flexibility index (Phi) is 7.71. The third-order valence-electron chi connectivity index (χ3n) is 2.71. The van der Waals surface area contributed by atoms with Crippen LogP contribution in [0.15, 0.2) is 18.2 Å². The van der Waals surface area contributed by atoms with Crippen LogP contribution in [-0.4, -0.2) is 32.0 Å². The van der Waals surface area contributed by atoms with Crippen molar-refractivity contribution < 1.29 is 41.0 Å². The van der Waals surface area contributed by atoms with E-state index >= 15 is 0 Å². The molecule has 138 valence electrons. The molecule has 1 atom stereocenters. The molecule has 0 fully saturated rings. The second kappa shape index (κ2) is 8.34. The first-order valence-corrected chi connectivity index (χ1v) is 6.27. The van der Waals surface area contributed by atoms with Gasteiger partial charge in [0.1, 0.15) is 17.5 Å². The zero-order chi connectivity index (χ0) is 17.8. The third kappa shape index (κ3) is 5.38. The molecule has 11 heteroatoms. The first kappa shape index (κ1) is 22.2. The highest BCUT2D eigenvalue weighted by Gasteiger charge is 2.49. The van der Waals surface area contributed by atoms with E-state index in [0.717, 1.165) is 19.2 Å². The molecule has 0 amide bonds. The first-order chi connectivity index (χ1) is 10.5. The van der Waals surface area contributed by atoms with E-state index in [-0.39, 0.29) is 24.8 Å². The van der Waals surface area contributed by atoms with Crippen molar-refractivity contribution >= 4 is 18.4 Å². The minimum Gasteiger partial charge on any atom is -0.496 e. The fourth-order valence-corrected chi connectivity index (χ4v) is 1.70. The summed E-state index contributed by atoms with van der Waals surface area (Å²) >= 11 is 0. The summed E-state index contributed by atoms with van der Waals surface area (Å²) in [7, 11) is 1.11. The standard InChI is InChI=1S/C13H14F5NO4.ClH/c1-3-22-11(20)12(14,15)10(19)8-6-7(23-13(16,17)18)4-5-9(8)21-2;/h4-6,10H,3,19H2,1-2H3;1H/t10-;/m1./s1. The summed E-state index contributed by atoms with van der Waals surface area (Å²) in [6, 6.07) is 0.181. The van der Waals surface area contributed by atoms with E-state index in [1.54, 1.807) is 0 Å². The molecule has 0 saturated carbocycles. The summed E-state index contributed by atoms with van der Waals surface area (Å²) in [5.74, 6) is -7.06. The number of benzene rings is 1. The predicted molar refractivity (Wildman–Crippen MR) is 75.4 cm³/mol. The summed E-state index contributed by atoms with van der Waals surface area (Å²) < 4.78 is 77.2. The lowest BCUT2D eigenvalue weighted by Crippen LogP contribution is -2.42. The molecule has 0 aliphatic heterocycles. The highest BCUT2D eigenvalue weighted by molar-refractivity contribution is 5.85. The fourth-order valence-electron chi connectivity index (χ4n) is 1.70. The smallest absolute Gasteiger partial charge is 0.496 e. The molecular weight excluding hydrogens is 365 g/mol. The number of hydrogen-bond acceptors (Lipinski definition) is 5. The molecule has 1 aromatic rings. The number of methoxy groups -OCH3 is 1. The van der Waals surface area contributed by atoms with E-state index in [1.807, 2.05) is 0 Å². The van der Waals surface area contributed by atoms with E-state index < -0.39 is 35.6 Å². The summed E-state index contributed by atoms with van der Waals surface area (Å²) in [5, 5.41) is 0. The van der Waals surface area contributed by atoms with Crippen LogP contribution in [0.3, 0.4) is 0 Å². The Bertz CT molecular complexity index is 568. The third-order valence-corrected chi connectivity index (χ3v) is 2.71. The molecule has 0 heterocycles. The topological polar surface area (TPSA) is 70.8 Å². The molecule has 0 unspecified atom stereocenters. The molecule has 0 aliphatic carbocycles. The van der Waals surface area contributed by atoms with Gasteiger partial charge in [0.05, 0.1) is 13.7 Å². The zero-order valence-corrected chi connectivity index (χ0v) is 13.3. The van der Waals surface area contributed by atoms with Crippen LogP contribution >= 0.6 is 12.4 Å². The average molecular weight is 380 g/mol. The normalized spacial score (nSPS) is 12.8. The number of esters is 1. The molecule has 0 spiro atoms. The van der Waals surface area contributed by atoms with Gasteiger partial charge in [-0.1, -0.05) is 0 Å². The number of carbonyl (C=O) groups is 1. The molecule has 0 aliphatic rings. The minimum absolute atomic E-state index is 0. The van der Waals surface area contributed by atoms with Crippen LogP contribution in [0, 0.1) is 0 Å². The van der Waals surface area contributed by atoms with Gasteiger partial charge in [0.2, 0.25) is 0 Å². The molecule has 0 bridgehead atoms. The van der Waals surface area contributed by atoms with Gasteiger partial charge in [-0.05, 0) is 25.1 Å². The lowest BCUT2D eigenvalue weighted by atomic mass is 10.00. The lowest BCUT2D eigenvalue weighted by Gasteiger charge is -2.24. The highest BCUT2D eigenvalue weighted by atomic mass is 35.5. The van der Waals surface area contributed by atoms with E-state index in [0.29, 0.717) is 6.07 Å². The van der Waals surface area contributed by atoms with Crippen molar-refractivity contribution in [1.82, 2.24) is 0 Å². The van der Waals surface area contributed by atoms with Gasteiger partial charge in [0, 0.05) is 5.56 Å². The van der Waals surface area contributed by atoms with Crippen molar-refractivity contribution in [3.63, 3.8) is 0 Å². The Hall–Kier alpha value is -1.81. The Balaban J connectivity index is 0.00000529. The Morgan fingerprint density at radius 1 is 1.25 bits per heavy atom. The van der Waals surface area contributed by atoms with Crippen LogP contribution in [0.5, 0.6) is 11.5 Å². The maximum atomic E-state index is 14.0. The van der Waals surface area contributed by atoms with Crippen LogP contribution < -0.4 is 15.2 Å². The van der Waals surface area contributed by atoms with E-state index in [9.17, 15) is 26.7 Å². The second-order valence-corrected chi connectivity index (χ2v) is 4.27. The van der Waals surface area contributed by atoms with Crippen molar-refractivity contribution in [2.24, 2.45) is 5.73 Å². The Morgan fingerprint density at radius 3 is 2.29 bits per heavy atom. The quantitative estimate of drug-likeness (QED) is 0.607. The molecule has 1 rings (SSSR count). The molecule has 0 saturated heterocycles. The van der Waals surface area contributed by atoms with Gasteiger partial charge in [0.15, 0.2) is 0 Å². The average Bonchev–Trinajstić information content (AvgIpc) is 2.44. The molecule has 1 aromatic carbocycles. The van der Waals surface area contributed by atoms with E-state index in [2.05, 4.69) is 9.47 Å². The summed E-state index contributed by atoms with van der Waals surface area (Å²) in [6.45, 7) is 1.01. The molecule has 5 nitrogen and oxygen atoms in total. The first-order valence-electron chi connectivity index (χ1n) is 6.27. The number of hydrogen-bond donors (Lipinski definition) is 1. The van der Waals surface area contributed by atoms with Crippen molar-refractivity contribution in [3.8, 4) is 11.5 Å². The predicted octanol–water partition coefficient (Wildman–Crippen LogP) is 3.21. The monoisotopic (exact) mass is 379 g/mol. The number of nitrogens with two attached hydrogens (primary N) is 1. The van der Waals surface area contributed by atoms with Gasteiger partial charge in [-0.25, -0.2) is 4.79 Å². The molecule has 0 radical (unpaired) electrons. The summed E-state index contributed by atoms with van der Waals surface area (Å²) in [4.78, 5) is 11.3. The minimum atomic E-state index is -5.01. The molecule has 2 N–H and O–H groups in total. The van der Waals surface area contributed by atoms with Crippen LogP contribution in [0.1, 0.15) is 18.5 Å². The summed E-state index contributed by atoms with van der Waals surface area (Å²) in [6.07, 6.45) is -5.01. The zero-order valence-electron chi connectivity index (χ0n) is 12.5. The summed E-state index contributed by atoms with van der Waals surface area (Å²) in [5.41, 5.74) is 4.81. The van der Waals surface area contributed by atoms with Crippen LogP contribution in [0.2, 0.25) is 0 Å². The lowest BCUT2D eigenvalue weighted by molar-refractivity contribution is -0.274. The maximum Gasteiger partial charge on any atom is 0.573 e. The second-order valence-electron chi connectivity index (χ2n) is 4.27. The van der Waals surface area contributed by atoms with Gasteiger partial charge < -0.3 is 19.9 Å². The van der Waals surface area contributed by atoms with Crippen LogP contribution in [-0.2, 0) is 9.53 Å². The van der Waals surface area contributed by atoms with Crippen LogP contribution in [0.4, 0.5) is 22.0 Å². The molecule has 0 aromatic heterocycles. The molecular formula is C13H15ClF5NO4. The number of carbonyl (C=O) groups excluding carboxylic acids is 1. The molecule has 24 heavy (non-hydrogen) atoms. The fraction of sp³-hybridized carbons (Fsp3) is 0.462. The van der Waals surface area contributed by atoms with Crippen molar-refractivity contribution in [2.75, 3.05) is 13.7 Å². The van der Waals surface area contributed by atoms with Crippen LogP contribution in [0.25, 0.3) is 0 Å². The van der Waals surface area contributed by atoms with Crippen molar-refractivity contribution in [3.05, 3.63) is 23.8 Å². The van der Waals surface area contributed by atoms with Gasteiger partial charge in [-0.15, -0.1) is 25.6 Å². The number of ether oxygens (including phenoxy) is 3. The number of rotatable bonds is 6. The number of halogens is 6. The Labute approximate surface area is 140 Å².